The van der Waals surface area contributed by atoms with Crippen molar-refractivity contribution in [2.24, 2.45) is 0 Å². The molecule has 0 aromatic carbocycles. The highest BCUT2D eigenvalue weighted by molar-refractivity contribution is 5.84. The van der Waals surface area contributed by atoms with Crippen molar-refractivity contribution >= 4 is 6.29 Å². The molecular weight excluding hydrogens is 180 g/mol. The van der Waals surface area contributed by atoms with Gasteiger partial charge < -0.3 is 4.42 Å². The molecular formula is C10H8N2O2. The topological polar surface area (TPSA) is 56.0 Å². The van der Waals surface area contributed by atoms with Gasteiger partial charge >= 0.3 is 0 Å². The third-order valence-electron chi connectivity index (χ3n) is 1.83. The Morgan fingerprint density at radius 3 is 3.00 bits per heavy atom. The van der Waals surface area contributed by atoms with E-state index < -0.39 is 0 Å². The summed E-state index contributed by atoms with van der Waals surface area (Å²) in [5.74, 6) is 0.428. The first-order chi connectivity index (χ1) is 6.81. The zero-order valence-electron chi connectivity index (χ0n) is 7.60. The van der Waals surface area contributed by atoms with E-state index in [0.717, 1.165) is 12.0 Å². The maximum absolute atomic E-state index is 10.7. The van der Waals surface area contributed by atoms with Crippen molar-refractivity contribution in [1.82, 2.24) is 9.97 Å². The molecule has 2 heterocycles. The zero-order chi connectivity index (χ0) is 9.97. The molecule has 0 amide bonds. The third kappa shape index (κ3) is 1.42. The summed E-state index contributed by atoms with van der Waals surface area (Å²) in [6, 6.07) is 1.63. The molecule has 0 aliphatic carbocycles. The number of nitrogens with zero attached hydrogens (tertiary/aromatic N) is 2. The molecule has 4 heteroatoms. The van der Waals surface area contributed by atoms with Crippen LogP contribution in [0.15, 0.2) is 29.1 Å². The molecule has 14 heavy (non-hydrogen) atoms. The molecule has 0 unspecified atom stereocenters. The fraction of sp³-hybridized carbons (Fsp3) is 0.100. The number of aldehydes is 1. The number of carbonyl (C=O) groups is 1. The van der Waals surface area contributed by atoms with Gasteiger partial charge in [0.15, 0.2) is 6.29 Å². The quantitative estimate of drug-likeness (QED) is 0.675. The van der Waals surface area contributed by atoms with E-state index in [0.29, 0.717) is 17.0 Å². The average molecular weight is 188 g/mol. The van der Waals surface area contributed by atoms with Crippen LogP contribution in [0, 0.1) is 6.92 Å². The van der Waals surface area contributed by atoms with Crippen molar-refractivity contribution < 1.29 is 9.21 Å². The van der Waals surface area contributed by atoms with Crippen LogP contribution in [-0.2, 0) is 0 Å². The minimum atomic E-state index is 0.428. The van der Waals surface area contributed by atoms with Gasteiger partial charge in [-0.2, -0.15) is 0 Å². The first-order valence-corrected chi connectivity index (χ1v) is 4.13. The van der Waals surface area contributed by atoms with Crippen LogP contribution >= 0.6 is 0 Å². The van der Waals surface area contributed by atoms with Gasteiger partial charge in [0.1, 0.15) is 6.26 Å². The summed E-state index contributed by atoms with van der Waals surface area (Å²) in [6.07, 6.45) is 5.42. The molecule has 0 aliphatic heterocycles. The minimum absolute atomic E-state index is 0.428. The second-order valence-corrected chi connectivity index (χ2v) is 2.87. The molecule has 70 valence electrons. The van der Waals surface area contributed by atoms with Gasteiger partial charge in [-0.15, -0.1) is 0 Å². The Hall–Kier alpha value is -1.97. The molecule has 0 atom stereocenters. The van der Waals surface area contributed by atoms with Crippen LogP contribution in [-0.4, -0.2) is 16.3 Å². The Bertz CT molecular complexity index is 463. The Kier molecular flexibility index (Phi) is 2.10. The Balaban J connectivity index is 2.55. The number of carbonyl (C=O) groups excluding carboxylic acids is 1. The van der Waals surface area contributed by atoms with Crippen molar-refractivity contribution in [2.75, 3.05) is 0 Å². The number of oxazole rings is 1. The largest absolute Gasteiger partial charge is 0.444 e. The van der Waals surface area contributed by atoms with E-state index >= 15 is 0 Å². The fourth-order valence-corrected chi connectivity index (χ4v) is 1.16. The lowest BCUT2D eigenvalue weighted by Gasteiger charge is -1.96. The summed E-state index contributed by atoms with van der Waals surface area (Å²) in [4.78, 5) is 18.8. The summed E-state index contributed by atoms with van der Waals surface area (Å²) >= 11 is 0. The summed E-state index contributed by atoms with van der Waals surface area (Å²) in [5, 5.41) is 0. The lowest BCUT2D eigenvalue weighted by atomic mass is 10.1. The van der Waals surface area contributed by atoms with Gasteiger partial charge in [-0.3, -0.25) is 9.78 Å². The molecule has 2 aromatic heterocycles. The summed E-state index contributed by atoms with van der Waals surface area (Å²) < 4.78 is 5.18. The minimum Gasteiger partial charge on any atom is -0.444 e. The molecule has 0 spiro atoms. The molecule has 0 bridgehead atoms. The highest BCUT2D eigenvalue weighted by Crippen LogP contribution is 2.20. The number of aryl methyl sites for hydroxylation is 1. The summed E-state index contributed by atoms with van der Waals surface area (Å²) in [5.41, 5.74) is 1.93. The van der Waals surface area contributed by atoms with Crippen molar-refractivity contribution in [2.45, 2.75) is 6.92 Å². The average Bonchev–Trinajstić information content (AvgIpc) is 2.65. The number of aromatic nitrogens is 2. The second-order valence-electron chi connectivity index (χ2n) is 2.87. The third-order valence-corrected chi connectivity index (χ3v) is 1.83. The van der Waals surface area contributed by atoms with Crippen LogP contribution in [0.1, 0.15) is 16.1 Å². The monoisotopic (exact) mass is 188 g/mol. The number of hydrogen-bond donors (Lipinski definition) is 0. The van der Waals surface area contributed by atoms with Gasteiger partial charge in [0.2, 0.25) is 5.89 Å². The normalized spacial score (nSPS) is 10.1. The zero-order valence-corrected chi connectivity index (χ0v) is 7.60. The van der Waals surface area contributed by atoms with Gasteiger partial charge in [-0.1, -0.05) is 0 Å². The molecule has 0 saturated carbocycles. The Labute approximate surface area is 80.6 Å². The molecule has 0 aliphatic rings. The van der Waals surface area contributed by atoms with Gasteiger partial charge in [0.05, 0.1) is 11.3 Å². The van der Waals surface area contributed by atoms with E-state index in [1.54, 1.807) is 18.5 Å². The molecule has 0 radical (unpaired) electrons. The van der Waals surface area contributed by atoms with Gasteiger partial charge in [0, 0.05) is 18.0 Å². The molecule has 4 nitrogen and oxygen atoms in total. The maximum Gasteiger partial charge on any atom is 0.228 e. The molecule has 0 fully saturated rings. The number of hydrogen-bond acceptors (Lipinski definition) is 4. The van der Waals surface area contributed by atoms with Gasteiger partial charge in [-0.25, -0.2) is 4.98 Å². The van der Waals surface area contributed by atoms with Crippen LogP contribution < -0.4 is 0 Å². The highest BCUT2D eigenvalue weighted by Gasteiger charge is 2.09. The van der Waals surface area contributed by atoms with E-state index in [-0.39, 0.29) is 0 Å². The van der Waals surface area contributed by atoms with Crippen LogP contribution in [0.4, 0.5) is 0 Å². The molecule has 0 saturated heterocycles. The van der Waals surface area contributed by atoms with Crippen molar-refractivity contribution in [3.63, 3.8) is 0 Å². The van der Waals surface area contributed by atoms with Crippen molar-refractivity contribution in [3.05, 3.63) is 36.0 Å². The molecule has 2 rings (SSSR count). The van der Waals surface area contributed by atoms with Crippen molar-refractivity contribution in [3.8, 4) is 11.5 Å². The van der Waals surface area contributed by atoms with Crippen LogP contribution in [0.3, 0.4) is 0 Å². The highest BCUT2D eigenvalue weighted by atomic mass is 16.3. The van der Waals surface area contributed by atoms with Crippen LogP contribution in [0.25, 0.3) is 11.5 Å². The summed E-state index contributed by atoms with van der Waals surface area (Å²) in [7, 11) is 0. The van der Waals surface area contributed by atoms with E-state index in [1.807, 2.05) is 6.92 Å². The lowest BCUT2D eigenvalue weighted by molar-refractivity contribution is 0.112. The van der Waals surface area contributed by atoms with E-state index in [1.165, 1.54) is 6.26 Å². The van der Waals surface area contributed by atoms with Gasteiger partial charge in [0.25, 0.3) is 0 Å². The SMILES string of the molecule is Cc1coc(-c2cnccc2C=O)n1. The fourth-order valence-electron chi connectivity index (χ4n) is 1.16. The van der Waals surface area contributed by atoms with Crippen LogP contribution in [0.2, 0.25) is 0 Å². The lowest BCUT2D eigenvalue weighted by Crippen LogP contribution is -1.88. The number of rotatable bonds is 2. The molecule has 2 aromatic rings. The van der Waals surface area contributed by atoms with E-state index in [4.69, 9.17) is 4.42 Å². The van der Waals surface area contributed by atoms with Crippen LogP contribution in [0.5, 0.6) is 0 Å². The maximum atomic E-state index is 10.7. The van der Waals surface area contributed by atoms with E-state index in [9.17, 15) is 4.79 Å². The predicted molar refractivity (Wildman–Crippen MR) is 49.9 cm³/mol. The Morgan fingerprint density at radius 2 is 2.36 bits per heavy atom. The molecule has 0 N–H and O–H groups in total. The van der Waals surface area contributed by atoms with Gasteiger partial charge in [-0.05, 0) is 13.0 Å². The first-order valence-electron chi connectivity index (χ1n) is 4.13. The Morgan fingerprint density at radius 1 is 1.50 bits per heavy atom. The first kappa shape index (κ1) is 8.62. The van der Waals surface area contributed by atoms with Crippen molar-refractivity contribution in [1.29, 1.82) is 0 Å². The predicted octanol–water partition coefficient (Wildman–Crippen LogP) is 1.86. The standard InChI is InChI=1S/C10H8N2O2/c1-7-6-14-10(12-7)9-4-11-3-2-8(9)5-13/h2-6H,1H3. The number of pyridine rings is 1. The smallest absolute Gasteiger partial charge is 0.228 e. The van der Waals surface area contributed by atoms with E-state index in [2.05, 4.69) is 9.97 Å². The second kappa shape index (κ2) is 3.41. The summed E-state index contributed by atoms with van der Waals surface area (Å²) in [6.45, 7) is 1.82.